The molecule has 1 aromatic heterocycles. The van der Waals surface area contributed by atoms with Crippen LogP contribution in [0.1, 0.15) is 41.5 Å². The molecule has 1 fully saturated rings. The van der Waals surface area contributed by atoms with Crippen molar-refractivity contribution in [3.8, 4) is 0 Å². The van der Waals surface area contributed by atoms with E-state index in [0.29, 0.717) is 11.7 Å². The lowest BCUT2D eigenvalue weighted by molar-refractivity contribution is 0.0514. The van der Waals surface area contributed by atoms with Gasteiger partial charge in [-0.15, -0.1) is 0 Å². The maximum absolute atomic E-state index is 10.4. The zero-order chi connectivity index (χ0) is 15.5. The molecule has 4 heteroatoms. The van der Waals surface area contributed by atoms with Gasteiger partial charge in [0.25, 0.3) is 0 Å². The maximum atomic E-state index is 10.4. The molecule has 1 aliphatic rings. The lowest BCUT2D eigenvalue weighted by Gasteiger charge is -2.34. The fourth-order valence-corrected chi connectivity index (χ4v) is 3.30. The second-order valence-electron chi connectivity index (χ2n) is 6.46. The highest BCUT2D eigenvalue weighted by Gasteiger charge is 2.27. The number of aromatic amines is 1. The van der Waals surface area contributed by atoms with Crippen LogP contribution in [0.5, 0.6) is 0 Å². The van der Waals surface area contributed by atoms with Crippen LogP contribution in [0.2, 0.25) is 0 Å². The quantitative estimate of drug-likeness (QED) is 0.912. The summed E-state index contributed by atoms with van der Waals surface area (Å²) < 4.78 is 0. The number of nitrogens with zero attached hydrogens (tertiary/aromatic N) is 2. The Labute approximate surface area is 132 Å². The summed E-state index contributed by atoms with van der Waals surface area (Å²) in [6.45, 7) is 7.42. The smallest absolute Gasteiger partial charge is 0.135 e. The number of rotatable bonds is 4. The molecular weight excluding hydrogens is 274 g/mol. The summed E-state index contributed by atoms with van der Waals surface area (Å²) in [6.07, 6.45) is 5.06. The van der Waals surface area contributed by atoms with Crippen LogP contribution in [0.3, 0.4) is 0 Å². The molecule has 2 aromatic rings. The van der Waals surface area contributed by atoms with E-state index >= 15 is 0 Å². The average molecular weight is 299 g/mol. The predicted octanol–water partition coefficient (Wildman–Crippen LogP) is 2.97. The number of likely N-dealkylation sites (tertiary alicyclic amines) is 1. The highest BCUT2D eigenvalue weighted by atomic mass is 16.3. The fourth-order valence-electron chi connectivity index (χ4n) is 3.30. The molecule has 2 heterocycles. The van der Waals surface area contributed by atoms with Gasteiger partial charge < -0.3 is 10.1 Å². The number of imidazole rings is 1. The van der Waals surface area contributed by atoms with E-state index in [-0.39, 0.29) is 0 Å². The van der Waals surface area contributed by atoms with Crippen molar-refractivity contribution in [2.24, 2.45) is 5.92 Å². The summed E-state index contributed by atoms with van der Waals surface area (Å²) >= 11 is 0. The Bertz CT molecular complexity index is 601. The third-order valence-electron chi connectivity index (χ3n) is 4.78. The predicted molar refractivity (Wildman–Crippen MR) is 87.5 cm³/mol. The number of aliphatic hydroxyl groups is 1. The van der Waals surface area contributed by atoms with Gasteiger partial charge in [0.2, 0.25) is 0 Å². The minimum Gasteiger partial charge on any atom is -0.385 e. The number of H-pyrrole nitrogens is 1. The van der Waals surface area contributed by atoms with Gasteiger partial charge in [-0.1, -0.05) is 23.8 Å². The highest BCUT2D eigenvalue weighted by Crippen LogP contribution is 2.29. The van der Waals surface area contributed by atoms with Crippen LogP contribution in [0.4, 0.5) is 0 Å². The first-order chi connectivity index (χ1) is 10.6. The second-order valence-corrected chi connectivity index (χ2v) is 6.46. The lowest BCUT2D eigenvalue weighted by Crippen LogP contribution is -2.35. The molecule has 1 atom stereocenters. The summed E-state index contributed by atoms with van der Waals surface area (Å²) in [4.78, 5) is 9.70. The Morgan fingerprint density at radius 2 is 2.09 bits per heavy atom. The Morgan fingerprint density at radius 1 is 1.32 bits per heavy atom. The molecule has 4 nitrogen and oxygen atoms in total. The normalized spacial score (nSPS) is 18.5. The molecule has 0 saturated carbocycles. The molecule has 0 spiro atoms. The van der Waals surface area contributed by atoms with E-state index < -0.39 is 6.10 Å². The molecule has 0 amide bonds. The molecule has 0 bridgehead atoms. The minimum atomic E-state index is -0.460. The average Bonchev–Trinajstić information content (AvgIpc) is 3.05. The number of benzene rings is 1. The molecule has 0 radical (unpaired) electrons. The Morgan fingerprint density at radius 3 is 2.77 bits per heavy atom. The van der Waals surface area contributed by atoms with Crippen molar-refractivity contribution in [1.82, 2.24) is 14.9 Å². The second kappa shape index (κ2) is 6.63. The number of aromatic nitrogens is 2. The van der Waals surface area contributed by atoms with E-state index in [2.05, 4.69) is 46.9 Å². The maximum Gasteiger partial charge on any atom is 0.135 e. The van der Waals surface area contributed by atoms with Crippen LogP contribution in [0.15, 0.2) is 30.6 Å². The summed E-state index contributed by atoms with van der Waals surface area (Å²) in [5.41, 5.74) is 4.11. The van der Waals surface area contributed by atoms with Gasteiger partial charge >= 0.3 is 0 Å². The molecule has 0 aliphatic carbocycles. The number of hydrogen-bond donors (Lipinski definition) is 2. The number of aryl methyl sites for hydroxylation is 2. The van der Waals surface area contributed by atoms with Gasteiger partial charge in [-0.05, 0) is 56.8 Å². The summed E-state index contributed by atoms with van der Waals surface area (Å²) in [5, 5.41) is 10.4. The standard InChI is InChI=1S/C18H25N3O/c1-13-3-4-14(2)16(11-13)12-21-9-5-15(6-10-21)17(22)18-19-7-8-20-18/h3-4,7-8,11,15,17,22H,5-6,9-10,12H2,1-2H3,(H,19,20)/t17-/m1/s1. The SMILES string of the molecule is Cc1ccc(C)c(CN2CCC([C@@H](O)c3ncc[nH]3)CC2)c1. The molecule has 2 N–H and O–H groups in total. The van der Waals surface area contributed by atoms with Gasteiger partial charge in [0.15, 0.2) is 0 Å². The molecular formula is C18H25N3O. The van der Waals surface area contributed by atoms with Crippen LogP contribution >= 0.6 is 0 Å². The van der Waals surface area contributed by atoms with Crippen LogP contribution in [-0.4, -0.2) is 33.1 Å². The number of nitrogens with one attached hydrogen (secondary N) is 1. The van der Waals surface area contributed by atoms with E-state index in [1.807, 2.05) is 0 Å². The number of aliphatic hydroxyl groups excluding tert-OH is 1. The number of piperidine rings is 1. The molecule has 1 aromatic carbocycles. The van der Waals surface area contributed by atoms with Crippen molar-refractivity contribution in [1.29, 1.82) is 0 Å². The van der Waals surface area contributed by atoms with Crippen molar-refractivity contribution >= 4 is 0 Å². The van der Waals surface area contributed by atoms with Crippen LogP contribution < -0.4 is 0 Å². The summed E-state index contributed by atoms with van der Waals surface area (Å²) in [7, 11) is 0. The Balaban J connectivity index is 1.57. The first-order valence-corrected chi connectivity index (χ1v) is 8.09. The van der Waals surface area contributed by atoms with E-state index in [1.54, 1.807) is 12.4 Å². The first kappa shape index (κ1) is 15.3. The molecule has 118 valence electrons. The first-order valence-electron chi connectivity index (χ1n) is 8.09. The van der Waals surface area contributed by atoms with Crippen molar-refractivity contribution in [2.75, 3.05) is 13.1 Å². The van der Waals surface area contributed by atoms with Gasteiger partial charge in [-0.2, -0.15) is 0 Å². The van der Waals surface area contributed by atoms with Crippen molar-refractivity contribution in [2.45, 2.75) is 39.3 Å². The Kier molecular flexibility index (Phi) is 4.60. The minimum absolute atomic E-state index is 0.306. The third-order valence-corrected chi connectivity index (χ3v) is 4.78. The van der Waals surface area contributed by atoms with E-state index in [0.717, 1.165) is 32.5 Å². The van der Waals surface area contributed by atoms with Crippen molar-refractivity contribution in [3.05, 3.63) is 53.1 Å². The third kappa shape index (κ3) is 3.39. The van der Waals surface area contributed by atoms with Crippen LogP contribution in [-0.2, 0) is 6.54 Å². The summed E-state index contributed by atoms with van der Waals surface area (Å²) in [6, 6.07) is 6.67. The molecule has 0 unspecified atom stereocenters. The van der Waals surface area contributed by atoms with Gasteiger partial charge in [0.1, 0.15) is 11.9 Å². The molecule has 3 rings (SSSR count). The molecule has 1 aliphatic heterocycles. The van der Waals surface area contributed by atoms with E-state index in [1.165, 1.54) is 16.7 Å². The Hall–Kier alpha value is -1.65. The highest BCUT2D eigenvalue weighted by molar-refractivity contribution is 5.30. The molecule has 22 heavy (non-hydrogen) atoms. The largest absolute Gasteiger partial charge is 0.385 e. The topological polar surface area (TPSA) is 52.1 Å². The summed E-state index contributed by atoms with van der Waals surface area (Å²) in [5.74, 6) is 1.01. The zero-order valence-electron chi connectivity index (χ0n) is 13.4. The fraction of sp³-hybridized carbons (Fsp3) is 0.500. The monoisotopic (exact) mass is 299 g/mol. The van der Waals surface area contributed by atoms with Crippen molar-refractivity contribution in [3.63, 3.8) is 0 Å². The van der Waals surface area contributed by atoms with E-state index in [4.69, 9.17) is 0 Å². The van der Waals surface area contributed by atoms with Crippen LogP contribution in [0, 0.1) is 19.8 Å². The lowest BCUT2D eigenvalue weighted by atomic mass is 9.90. The van der Waals surface area contributed by atoms with Gasteiger partial charge in [-0.3, -0.25) is 4.90 Å². The van der Waals surface area contributed by atoms with Gasteiger partial charge in [0.05, 0.1) is 0 Å². The van der Waals surface area contributed by atoms with Gasteiger partial charge in [-0.25, -0.2) is 4.98 Å². The van der Waals surface area contributed by atoms with E-state index in [9.17, 15) is 5.11 Å². The molecule has 1 saturated heterocycles. The van der Waals surface area contributed by atoms with Gasteiger partial charge in [0, 0.05) is 18.9 Å². The number of hydrogen-bond acceptors (Lipinski definition) is 3. The van der Waals surface area contributed by atoms with Crippen molar-refractivity contribution < 1.29 is 5.11 Å². The zero-order valence-corrected chi connectivity index (χ0v) is 13.4. The van der Waals surface area contributed by atoms with Crippen LogP contribution in [0.25, 0.3) is 0 Å².